The van der Waals surface area contributed by atoms with Gasteiger partial charge in [-0.05, 0) is 19.9 Å². The van der Waals surface area contributed by atoms with Crippen LogP contribution in [0.5, 0.6) is 0 Å². The molecule has 5 nitrogen and oxygen atoms in total. The van der Waals surface area contributed by atoms with E-state index in [-0.39, 0.29) is 6.04 Å². The average Bonchev–Trinajstić information content (AvgIpc) is 2.47. The second-order valence-corrected chi connectivity index (χ2v) is 3.09. The zero-order valence-corrected chi connectivity index (χ0v) is 8.15. The molecular formula is C8H15N5. The zero-order valence-electron chi connectivity index (χ0n) is 8.15. The Bertz CT molecular complexity index is 299. The molecule has 0 spiro atoms. The maximum absolute atomic E-state index is 5.33. The molecule has 0 fully saturated rings. The Morgan fingerprint density at radius 3 is 2.77 bits per heavy atom. The molecule has 0 aliphatic rings. The topological polar surface area (TPSA) is 68.2 Å². The maximum atomic E-state index is 5.33. The molecule has 0 saturated carbocycles. The highest BCUT2D eigenvalue weighted by molar-refractivity contribution is 5.96. The predicted molar refractivity (Wildman–Crippen MR) is 52.2 cm³/mol. The molecule has 1 rings (SSSR count). The van der Waals surface area contributed by atoms with Crippen molar-refractivity contribution in [2.24, 2.45) is 17.9 Å². The van der Waals surface area contributed by atoms with Crippen LogP contribution in [0.25, 0.3) is 0 Å². The molecule has 1 aromatic rings. The van der Waals surface area contributed by atoms with Crippen molar-refractivity contribution in [3.05, 3.63) is 18.0 Å². The summed E-state index contributed by atoms with van der Waals surface area (Å²) >= 11 is 0. The van der Waals surface area contributed by atoms with Gasteiger partial charge < -0.3 is 5.43 Å². The van der Waals surface area contributed by atoms with Gasteiger partial charge in [-0.2, -0.15) is 5.10 Å². The van der Waals surface area contributed by atoms with Crippen LogP contribution in [0.4, 0.5) is 0 Å². The second kappa shape index (κ2) is 4.04. The number of amidine groups is 1. The largest absolute Gasteiger partial charge is 0.307 e. The standard InChI is InChI=1S/C8H15N5/c1-6(2)10-8(11-9)7-4-5-13(3)12-7/h4-6H,9H2,1-3H3,(H,10,11). The van der Waals surface area contributed by atoms with Crippen molar-refractivity contribution in [3.63, 3.8) is 0 Å². The van der Waals surface area contributed by atoms with Crippen LogP contribution in [-0.4, -0.2) is 21.7 Å². The SMILES string of the molecule is CC(C)N=C(NN)c1ccn(C)n1. The summed E-state index contributed by atoms with van der Waals surface area (Å²) in [5.41, 5.74) is 3.30. The lowest BCUT2D eigenvalue weighted by Crippen LogP contribution is -2.32. The fourth-order valence-electron chi connectivity index (χ4n) is 0.977. The highest BCUT2D eigenvalue weighted by atomic mass is 15.3. The molecule has 0 aliphatic carbocycles. The molecule has 1 heterocycles. The third kappa shape index (κ3) is 2.55. The van der Waals surface area contributed by atoms with Gasteiger partial charge in [-0.15, -0.1) is 0 Å². The Morgan fingerprint density at radius 2 is 2.38 bits per heavy atom. The van der Waals surface area contributed by atoms with E-state index >= 15 is 0 Å². The number of aliphatic imine (C=N–C) groups is 1. The minimum Gasteiger partial charge on any atom is -0.307 e. The Hall–Kier alpha value is -1.36. The van der Waals surface area contributed by atoms with Gasteiger partial charge in [0.15, 0.2) is 5.84 Å². The van der Waals surface area contributed by atoms with Crippen molar-refractivity contribution in [1.29, 1.82) is 0 Å². The first-order valence-corrected chi connectivity index (χ1v) is 4.18. The monoisotopic (exact) mass is 181 g/mol. The van der Waals surface area contributed by atoms with Crippen LogP contribution >= 0.6 is 0 Å². The number of hydrazine groups is 1. The average molecular weight is 181 g/mol. The number of nitrogens with one attached hydrogen (secondary N) is 1. The van der Waals surface area contributed by atoms with E-state index in [4.69, 9.17) is 5.84 Å². The smallest absolute Gasteiger partial charge is 0.163 e. The van der Waals surface area contributed by atoms with Crippen molar-refractivity contribution in [1.82, 2.24) is 15.2 Å². The molecule has 0 atom stereocenters. The normalized spacial score (nSPS) is 12.2. The Morgan fingerprint density at radius 1 is 1.69 bits per heavy atom. The molecular weight excluding hydrogens is 166 g/mol. The number of hydrogen-bond acceptors (Lipinski definition) is 3. The minimum atomic E-state index is 0.202. The number of rotatable bonds is 2. The van der Waals surface area contributed by atoms with Crippen LogP contribution in [0.1, 0.15) is 19.5 Å². The summed E-state index contributed by atoms with van der Waals surface area (Å²) in [5, 5.41) is 4.18. The lowest BCUT2D eigenvalue weighted by atomic mass is 10.3. The molecule has 13 heavy (non-hydrogen) atoms. The molecule has 0 bridgehead atoms. The first-order valence-electron chi connectivity index (χ1n) is 4.18. The molecule has 72 valence electrons. The summed E-state index contributed by atoms with van der Waals surface area (Å²) in [5.74, 6) is 5.95. The first kappa shape index (κ1) is 9.73. The number of hydrogen-bond donors (Lipinski definition) is 2. The van der Waals surface area contributed by atoms with Crippen LogP contribution in [0.15, 0.2) is 17.3 Å². The van der Waals surface area contributed by atoms with Crippen molar-refractivity contribution in [3.8, 4) is 0 Å². The highest BCUT2D eigenvalue weighted by Crippen LogP contribution is 1.97. The summed E-state index contributed by atoms with van der Waals surface area (Å²) in [7, 11) is 1.85. The molecule has 0 radical (unpaired) electrons. The van der Waals surface area contributed by atoms with E-state index in [1.165, 1.54) is 0 Å². The lowest BCUT2D eigenvalue weighted by molar-refractivity contribution is 0.758. The van der Waals surface area contributed by atoms with Gasteiger partial charge in [0.2, 0.25) is 0 Å². The summed E-state index contributed by atoms with van der Waals surface area (Å²) in [4.78, 5) is 4.28. The molecule has 5 heteroatoms. The number of nitrogens with zero attached hydrogens (tertiary/aromatic N) is 3. The summed E-state index contributed by atoms with van der Waals surface area (Å²) in [6.07, 6.45) is 1.85. The van der Waals surface area contributed by atoms with Crippen molar-refractivity contribution in [2.45, 2.75) is 19.9 Å². The second-order valence-electron chi connectivity index (χ2n) is 3.09. The van der Waals surface area contributed by atoms with E-state index in [9.17, 15) is 0 Å². The highest BCUT2D eigenvalue weighted by Gasteiger charge is 2.04. The van der Waals surface area contributed by atoms with Gasteiger partial charge in [0.25, 0.3) is 0 Å². The van der Waals surface area contributed by atoms with Crippen LogP contribution < -0.4 is 11.3 Å². The molecule has 0 saturated heterocycles. The van der Waals surface area contributed by atoms with E-state index in [0.717, 1.165) is 5.69 Å². The molecule has 0 aromatic carbocycles. The first-order chi connectivity index (χ1) is 6.13. The Kier molecular flexibility index (Phi) is 3.02. The van der Waals surface area contributed by atoms with Crippen LogP contribution in [0, 0.1) is 0 Å². The number of aromatic nitrogens is 2. The molecule has 0 amide bonds. The maximum Gasteiger partial charge on any atom is 0.163 e. The summed E-state index contributed by atoms with van der Waals surface area (Å²) < 4.78 is 1.71. The van der Waals surface area contributed by atoms with E-state index < -0.39 is 0 Å². The van der Waals surface area contributed by atoms with E-state index in [1.54, 1.807) is 4.68 Å². The van der Waals surface area contributed by atoms with Crippen molar-refractivity contribution >= 4 is 5.84 Å². The van der Waals surface area contributed by atoms with Crippen LogP contribution in [0.3, 0.4) is 0 Å². The predicted octanol–water partition coefficient (Wildman–Crippen LogP) is 0.0384. The fraction of sp³-hybridized carbons (Fsp3) is 0.500. The molecule has 3 N–H and O–H groups in total. The summed E-state index contributed by atoms with van der Waals surface area (Å²) in [6, 6.07) is 2.06. The third-order valence-electron chi connectivity index (χ3n) is 1.48. The number of nitrogens with two attached hydrogens (primary N) is 1. The van der Waals surface area contributed by atoms with Gasteiger partial charge in [-0.25, -0.2) is 5.84 Å². The third-order valence-corrected chi connectivity index (χ3v) is 1.48. The molecule has 1 aromatic heterocycles. The van der Waals surface area contributed by atoms with Gasteiger partial charge in [0, 0.05) is 19.3 Å². The van der Waals surface area contributed by atoms with Crippen molar-refractivity contribution in [2.75, 3.05) is 0 Å². The molecule has 0 unspecified atom stereocenters. The van der Waals surface area contributed by atoms with Gasteiger partial charge in [0.1, 0.15) is 5.69 Å². The quantitative estimate of drug-likeness (QED) is 0.293. The van der Waals surface area contributed by atoms with Crippen molar-refractivity contribution < 1.29 is 0 Å². The van der Waals surface area contributed by atoms with Gasteiger partial charge in [-0.1, -0.05) is 0 Å². The zero-order chi connectivity index (χ0) is 9.84. The molecule has 0 aliphatic heterocycles. The van der Waals surface area contributed by atoms with E-state index in [0.29, 0.717) is 5.84 Å². The van der Waals surface area contributed by atoms with Crippen LogP contribution in [-0.2, 0) is 7.05 Å². The van der Waals surface area contributed by atoms with Gasteiger partial charge >= 0.3 is 0 Å². The van der Waals surface area contributed by atoms with Gasteiger partial charge in [0.05, 0.1) is 0 Å². The Labute approximate surface area is 77.6 Å². The van der Waals surface area contributed by atoms with E-state index in [2.05, 4.69) is 15.5 Å². The van der Waals surface area contributed by atoms with Gasteiger partial charge in [-0.3, -0.25) is 9.67 Å². The summed E-state index contributed by atoms with van der Waals surface area (Å²) in [6.45, 7) is 3.97. The minimum absolute atomic E-state index is 0.202. The fourth-order valence-corrected chi connectivity index (χ4v) is 0.977. The Balaban J connectivity index is 2.90. The van der Waals surface area contributed by atoms with Crippen LogP contribution in [0.2, 0.25) is 0 Å². The lowest BCUT2D eigenvalue weighted by Gasteiger charge is -2.03. The number of aryl methyl sites for hydroxylation is 1. The van der Waals surface area contributed by atoms with E-state index in [1.807, 2.05) is 33.2 Å².